The number of benzene rings is 3. The van der Waals surface area contributed by atoms with Crippen LogP contribution >= 0.6 is 0 Å². The SMILES string of the molecule is CC(NC(=O)c1cccc(F)c1F)c1ccc(NC(=O)Nc2ccccc2)cc1. The largest absolute Gasteiger partial charge is 0.345 e. The number of anilines is 2. The number of hydrogen-bond acceptors (Lipinski definition) is 2. The van der Waals surface area contributed by atoms with Crippen LogP contribution in [0.5, 0.6) is 0 Å². The van der Waals surface area contributed by atoms with Crippen molar-refractivity contribution in [3.63, 3.8) is 0 Å². The molecule has 0 saturated carbocycles. The molecule has 0 aliphatic heterocycles. The van der Waals surface area contributed by atoms with Crippen molar-refractivity contribution in [2.75, 3.05) is 10.6 Å². The Labute approximate surface area is 166 Å². The number of para-hydroxylation sites is 1. The molecule has 0 heterocycles. The second-order valence-electron chi connectivity index (χ2n) is 6.36. The molecule has 0 fully saturated rings. The van der Waals surface area contributed by atoms with Gasteiger partial charge < -0.3 is 16.0 Å². The fourth-order valence-electron chi connectivity index (χ4n) is 2.71. The van der Waals surface area contributed by atoms with Crippen molar-refractivity contribution in [3.05, 3.63) is 95.6 Å². The van der Waals surface area contributed by atoms with Crippen molar-refractivity contribution in [1.82, 2.24) is 5.32 Å². The summed E-state index contributed by atoms with van der Waals surface area (Å²) in [6.45, 7) is 1.72. The van der Waals surface area contributed by atoms with Gasteiger partial charge in [-0.15, -0.1) is 0 Å². The Morgan fingerprint density at radius 2 is 1.41 bits per heavy atom. The standard InChI is InChI=1S/C22H19F2N3O2/c1-14(25-21(28)18-8-5-9-19(23)20(18)24)15-10-12-17(13-11-15)27-22(29)26-16-6-3-2-4-7-16/h2-14H,1H3,(H,25,28)(H2,26,27,29). The van der Waals surface area contributed by atoms with Crippen molar-refractivity contribution in [2.45, 2.75) is 13.0 Å². The van der Waals surface area contributed by atoms with E-state index in [1.54, 1.807) is 43.3 Å². The third kappa shape index (κ3) is 5.16. The molecule has 1 unspecified atom stereocenters. The second kappa shape index (κ2) is 8.97. The van der Waals surface area contributed by atoms with Crippen LogP contribution in [0.3, 0.4) is 0 Å². The Hall–Kier alpha value is -3.74. The molecular formula is C22H19F2N3O2. The van der Waals surface area contributed by atoms with Gasteiger partial charge in [0.2, 0.25) is 0 Å². The molecule has 3 aromatic rings. The van der Waals surface area contributed by atoms with E-state index < -0.39 is 23.6 Å². The molecule has 29 heavy (non-hydrogen) atoms. The summed E-state index contributed by atoms with van der Waals surface area (Å²) in [4.78, 5) is 24.2. The van der Waals surface area contributed by atoms with E-state index in [0.29, 0.717) is 11.4 Å². The molecule has 0 spiro atoms. The zero-order valence-electron chi connectivity index (χ0n) is 15.6. The zero-order chi connectivity index (χ0) is 20.8. The summed E-state index contributed by atoms with van der Waals surface area (Å²) >= 11 is 0. The van der Waals surface area contributed by atoms with Crippen LogP contribution < -0.4 is 16.0 Å². The number of urea groups is 1. The lowest BCUT2D eigenvalue weighted by atomic mass is 10.1. The van der Waals surface area contributed by atoms with E-state index >= 15 is 0 Å². The van der Waals surface area contributed by atoms with Gasteiger partial charge in [0.1, 0.15) is 0 Å². The topological polar surface area (TPSA) is 70.2 Å². The lowest BCUT2D eigenvalue weighted by Gasteiger charge is -2.15. The van der Waals surface area contributed by atoms with E-state index in [2.05, 4.69) is 16.0 Å². The average Bonchev–Trinajstić information content (AvgIpc) is 2.71. The molecule has 1 atom stereocenters. The molecule has 0 aromatic heterocycles. The van der Waals surface area contributed by atoms with Gasteiger partial charge >= 0.3 is 6.03 Å². The zero-order valence-corrected chi connectivity index (χ0v) is 15.6. The summed E-state index contributed by atoms with van der Waals surface area (Å²) in [5, 5.41) is 8.05. The molecule has 0 bridgehead atoms. The number of carbonyl (C=O) groups is 2. The van der Waals surface area contributed by atoms with Gasteiger partial charge in [0.15, 0.2) is 11.6 Å². The van der Waals surface area contributed by atoms with Crippen molar-refractivity contribution >= 4 is 23.3 Å². The molecule has 3 N–H and O–H groups in total. The van der Waals surface area contributed by atoms with E-state index in [1.807, 2.05) is 18.2 Å². The van der Waals surface area contributed by atoms with Crippen LogP contribution in [0.4, 0.5) is 25.0 Å². The van der Waals surface area contributed by atoms with Gasteiger partial charge in [-0.3, -0.25) is 4.79 Å². The van der Waals surface area contributed by atoms with Crippen LogP contribution in [0.25, 0.3) is 0 Å². The van der Waals surface area contributed by atoms with Crippen molar-refractivity contribution in [2.24, 2.45) is 0 Å². The van der Waals surface area contributed by atoms with E-state index in [1.165, 1.54) is 12.1 Å². The first kappa shape index (κ1) is 20.0. The number of hydrogen-bond donors (Lipinski definition) is 3. The molecule has 7 heteroatoms. The fourth-order valence-corrected chi connectivity index (χ4v) is 2.71. The molecule has 0 saturated heterocycles. The van der Waals surface area contributed by atoms with Gasteiger partial charge in [-0.25, -0.2) is 13.6 Å². The summed E-state index contributed by atoms with van der Waals surface area (Å²) < 4.78 is 27.0. The lowest BCUT2D eigenvalue weighted by molar-refractivity contribution is 0.0934. The maximum atomic E-state index is 13.8. The molecule has 0 aliphatic rings. The van der Waals surface area contributed by atoms with E-state index in [0.717, 1.165) is 11.6 Å². The Bertz CT molecular complexity index is 1010. The minimum Gasteiger partial charge on any atom is -0.345 e. The second-order valence-corrected chi connectivity index (χ2v) is 6.36. The highest BCUT2D eigenvalue weighted by Crippen LogP contribution is 2.18. The van der Waals surface area contributed by atoms with Gasteiger partial charge in [-0.2, -0.15) is 0 Å². The molecular weight excluding hydrogens is 376 g/mol. The number of halogens is 2. The highest BCUT2D eigenvalue weighted by atomic mass is 19.2. The monoisotopic (exact) mass is 395 g/mol. The van der Waals surface area contributed by atoms with Crippen LogP contribution in [0.2, 0.25) is 0 Å². The summed E-state index contributed by atoms with van der Waals surface area (Å²) in [6.07, 6.45) is 0. The van der Waals surface area contributed by atoms with Gasteiger partial charge in [0, 0.05) is 11.4 Å². The number of nitrogens with one attached hydrogen (secondary N) is 3. The Morgan fingerprint density at radius 3 is 2.07 bits per heavy atom. The van der Waals surface area contributed by atoms with Crippen molar-refractivity contribution < 1.29 is 18.4 Å². The smallest absolute Gasteiger partial charge is 0.323 e. The number of rotatable bonds is 5. The summed E-state index contributed by atoms with van der Waals surface area (Å²) in [7, 11) is 0. The van der Waals surface area contributed by atoms with Gasteiger partial charge in [-0.05, 0) is 48.9 Å². The normalized spacial score (nSPS) is 11.4. The van der Waals surface area contributed by atoms with E-state index in [9.17, 15) is 18.4 Å². The molecule has 148 valence electrons. The highest BCUT2D eigenvalue weighted by molar-refractivity contribution is 5.99. The minimum atomic E-state index is -1.18. The maximum Gasteiger partial charge on any atom is 0.323 e. The van der Waals surface area contributed by atoms with Crippen LogP contribution in [-0.2, 0) is 0 Å². The molecule has 3 rings (SSSR count). The fraction of sp³-hybridized carbons (Fsp3) is 0.0909. The predicted octanol–water partition coefficient (Wildman–Crippen LogP) is 5.10. The summed E-state index contributed by atoms with van der Waals surface area (Å²) in [6, 6.07) is 18.5. The summed E-state index contributed by atoms with van der Waals surface area (Å²) in [5.74, 6) is -2.96. The first-order valence-electron chi connectivity index (χ1n) is 8.92. The third-order valence-electron chi connectivity index (χ3n) is 4.24. The number of carbonyl (C=O) groups excluding carboxylic acids is 2. The van der Waals surface area contributed by atoms with Gasteiger partial charge in [-0.1, -0.05) is 36.4 Å². The highest BCUT2D eigenvalue weighted by Gasteiger charge is 2.17. The summed E-state index contributed by atoms with van der Waals surface area (Å²) in [5.41, 5.74) is 1.62. The predicted molar refractivity (Wildman–Crippen MR) is 108 cm³/mol. The Balaban J connectivity index is 1.59. The Morgan fingerprint density at radius 1 is 0.793 bits per heavy atom. The first-order valence-corrected chi connectivity index (χ1v) is 8.92. The Kier molecular flexibility index (Phi) is 6.19. The van der Waals surface area contributed by atoms with E-state index in [-0.39, 0.29) is 11.6 Å². The lowest BCUT2D eigenvalue weighted by Crippen LogP contribution is -2.27. The molecule has 3 aromatic carbocycles. The third-order valence-corrected chi connectivity index (χ3v) is 4.24. The number of amides is 3. The molecule has 0 aliphatic carbocycles. The molecule has 5 nitrogen and oxygen atoms in total. The van der Waals surface area contributed by atoms with Crippen molar-refractivity contribution in [3.8, 4) is 0 Å². The minimum absolute atomic E-state index is 0.354. The van der Waals surface area contributed by atoms with Gasteiger partial charge in [0.25, 0.3) is 5.91 Å². The van der Waals surface area contributed by atoms with Crippen molar-refractivity contribution in [1.29, 1.82) is 0 Å². The van der Waals surface area contributed by atoms with Crippen LogP contribution in [0, 0.1) is 11.6 Å². The van der Waals surface area contributed by atoms with Gasteiger partial charge in [0.05, 0.1) is 11.6 Å². The maximum absolute atomic E-state index is 13.8. The quantitative estimate of drug-likeness (QED) is 0.563. The van der Waals surface area contributed by atoms with E-state index in [4.69, 9.17) is 0 Å². The molecule has 3 amide bonds. The molecule has 0 radical (unpaired) electrons. The average molecular weight is 395 g/mol. The van der Waals surface area contributed by atoms with Crippen LogP contribution in [0.15, 0.2) is 72.8 Å². The van der Waals surface area contributed by atoms with Crippen LogP contribution in [-0.4, -0.2) is 11.9 Å². The first-order chi connectivity index (χ1) is 13.9. The van der Waals surface area contributed by atoms with Crippen LogP contribution in [0.1, 0.15) is 28.9 Å².